The first kappa shape index (κ1) is 14.5. The van der Waals surface area contributed by atoms with E-state index in [1.165, 1.54) is 16.2 Å². The van der Waals surface area contributed by atoms with Gasteiger partial charge in [0, 0.05) is 15.8 Å². The van der Waals surface area contributed by atoms with Crippen LogP contribution in [0.2, 0.25) is 0 Å². The normalized spacial score (nSPS) is 10.6. The van der Waals surface area contributed by atoms with Gasteiger partial charge >= 0.3 is 5.97 Å². The summed E-state index contributed by atoms with van der Waals surface area (Å²) in [4.78, 5) is 13.8. The molecule has 6 heteroatoms. The first-order valence-corrected chi connectivity index (χ1v) is 6.82. The number of hydrogen-bond acceptors (Lipinski definition) is 4. The van der Waals surface area contributed by atoms with Crippen molar-refractivity contribution in [2.75, 3.05) is 5.73 Å². The lowest BCUT2D eigenvalue weighted by atomic mass is 10.2. The van der Waals surface area contributed by atoms with E-state index in [1.54, 1.807) is 0 Å². The first-order chi connectivity index (χ1) is 9.51. The standard InChI is InChI=1S/C14H13F2NO2S/c1-2-8-3-4-9(20-8)7-19-14(18)10-5-13(17)12(16)6-11(10)15/h3-6H,2,7,17H2,1H3. The number of nitrogen functional groups attached to an aromatic ring is 1. The van der Waals surface area contributed by atoms with Crippen LogP contribution in [0.5, 0.6) is 0 Å². The maximum Gasteiger partial charge on any atom is 0.341 e. The summed E-state index contributed by atoms with van der Waals surface area (Å²) in [5, 5.41) is 0. The number of rotatable bonds is 4. The lowest BCUT2D eigenvalue weighted by Crippen LogP contribution is -2.09. The smallest absolute Gasteiger partial charge is 0.341 e. The highest BCUT2D eigenvalue weighted by Crippen LogP contribution is 2.20. The molecule has 0 aliphatic rings. The maximum atomic E-state index is 13.5. The second-order valence-corrected chi connectivity index (χ2v) is 5.40. The predicted molar refractivity (Wildman–Crippen MR) is 73.6 cm³/mol. The SMILES string of the molecule is CCc1ccc(COC(=O)c2cc(N)c(F)cc2F)s1. The molecule has 0 aliphatic heterocycles. The Balaban J connectivity index is 2.07. The van der Waals surface area contributed by atoms with Gasteiger partial charge in [0.05, 0.1) is 11.3 Å². The molecule has 0 radical (unpaired) electrons. The van der Waals surface area contributed by atoms with Gasteiger partial charge in [-0.3, -0.25) is 0 Å². The lowest BCUT2D eigenvalue weighted by Gasteiger charge is -2.06. The molecule has 0 aliphatic carbocycles. The topological polar surface area (TPSA) is 52.3 Å². The summed E-state index contributed by atoms with van der Waals surface area (Å²) in [5.74, 6) is -2.74. The van der Waals surface area contributed by atoms with Crippen LogP contribution in [0.15, 0.2) is 24.3 Å². The van der Waals surface area contributed by atoms with E-state index in [9.17, 15) is 13.6 Å². The van der Waals surface area contributed by atoms with E-state index >= 15 is 0 Å². The van der Waals surface area contributed by atoms with Gasteiger partial charge in [0.1, 0.15) is 18.2 Å². The number of carbonyl (C=O) groups excluding carboxylic acids is 1. The molecule has 0 saturated carbocycles. The number of ether oxygens (including phenoxy) is 1. The number of carbonyl (C=O) groups is 1. The third-order valence-electron chi connectivity index (χ3n) is 2.72. The van der Waals surface area contributed by atoms with Gasteiger partial charge in [-0.25, -0.2) is 13.6 Å². The van der Waals surface area contributed by atoms with Gasteiger partial charge in [0.2, 0.25) is 0 Å². The van der Waals surface area contributed by atoms with Crippen LogP contribution in [0, 0.1) is 11.6 Å². The second kappa shape index (κ2) is 6.00. The van der Waals surface area contributed by atoms with Crippen LogP contribution in [0.25, 0.3) is 0 Å². The van der Waals surface area contributed by atoms with Crippen molar-refractivity contribution in [3.8, 4) is 0 Å². The number of aryl methyl sites for hydroxylation is 1. The minimum absolute atomic E-state index is 0.0558. The largest absolute Gasteiger partial charge is 0.456 e. The number of thiophene rings is 1. The van der Waals surface area contributed by atoms with E-state index in [4.69, 9.17) is 10.5 Å². The molecule has 3 nitrogen and oxygen atoms in total. The molecule has 1 aromatic carbocycles. The minimum Gasteiger partial charge on any atom is -0.456 e. The van der Waals surface area contributed by atoms with Crippen LogP contribution in [-0.2, 0) is 17.8 Å². The van der Waals surface area contributed by atoms with E-state index in [0.29, 0.717) is 6.07 Å². The Kier molecular flexibility index (Phi) is 4.34. The summed E-state index contributed by atoms with van der Waals surface area (Å²) in [5.41, 5.74) is 4.65. The molecule has 106 valence electrons. The highest BCUT2D eigenvalue weighted by Gasteiger charge is 2.16. The summed E-state index contributed by atoms with van der Waals surface area (Å²) in [6, 6.07) is 5.32. The molecule has 0 spiro atoms. The third-order valence-corrected chi connectivity index (χ3v) is 3.92. The average Bonchev–Trinajstić information content (AvgIpc) is 2.88. The molecule has 0 bridgehead atoms. The van der Waals surface area contributed by atoms with Crippen LogP contribution in [0.3, 0.4) is 0 Å². The van der Waals surface area contributed by atoms with Gasteiger partial charge < -0.3 is 10.5 Å². The monoisotopic (exact) mass is 297 g/mol. The molecule has 0 unspecified atom stereocenters. The van der Waals surface area contributed by atoms with E-state index in [1.807, 2.05) is 19.1 Å². The Hall–Kier alpha value is -1.95. The number of benzene rings is 1. The Bertz CT molecular complexity index is 640. The summed E-state index contributed by atoms with van der Waals surface area (Å²) in [7, 11) is 0. The number of hydrogen-bond donors (Lipinski definition) is 1. The molecule has 1 aromatic heterocycles. The molecule has 1 heterocycles. The molecule has 2 aromatic rings. The fourth-order valence-electron chi connectivity index (χ4n) is 1.63. The molecule has 2 rings (SSSR count). The Labute approximate surface area is 119 Å². The summed E-state index contributed by atoms with van der Waals surface area (Å²) in [6.07, 6.45) is 0.905. The predicted octanol–water partition coefficient (Wildman–Crippen LogP) is 3.53. The molecule has 20 heavy (non-hydrogen) atoms. The van der Waals surface area contributed by atoms with Crippen LogP contribution >= 0.6 is 11.3 Å². The van der Waals surface area contributed by atoms with E-state index < -0.39 is 17.6 Å². The molecule has 0 amide bonds. The van der Waals surface area contributed by atoms with Gasteiger partial charge in [0.15, 0.2) is 0 Å². The zero-order valence-corrected chi connectivity index (χ0v) is 11.6. The summed E-state index contributed by atoms with van der Waals surface area (Å²) in [6.45, 7) is 2.08. The zero-order valence-electron chi connectivity index (χ0n) is 10.8. The van der Waals surface area contributed by atoms with Crippen molar-refractivity contribution < 1.29 is 18.3 Å². The molecule has 0 saturated heterocycles. The van der Waals surface area contributed by atoms with E-state index in [-0.39, 0.29) is 17.9 Å². The van der Waals surface area contributed by atoms with Crippen LogP contribution < -0.4 is 5.73 Å². The van der Waals surface area contributed by atoms with Crippen molar-refractivity contribution in [2.24, 2.45) is 0 Å². The fraction of sp³-hybridized carbons (Fsp3) is 0.214. The van der Waals surface area contributed by atoms with Crippen molar-refractivity contribution in [3.05, 3.63) is 51.2 Å². The summed E-state index contributed by atoms with van der Waals surface area (Å²) < 4.78 is 31.5. The highest BCUT2D eigenvalue weighted by atomic mass is 32.1. The van der Waals surface area contributed by atoms with Crippen molar-refractivity contribution in [1.82, 2.24) is 0 Å². The van der Waals surface area contributed by atoms with Gasteiger partial charge in [-0.05, 0) is 24.6 Å². The molecule has 0 fully saturated rings. The fourth-order valence-corrected chi connectivity index (χ4v) is 2.50. The number of esters is 1. The number of nitrogens with two attached hydrogens (primary N) is 1. The minimum atomic E-state index is -0.984. The molecule has 0 atom stereocenters. The molecular weight excluding hydrogens is 284 g/mol. The Morgan fingerprint density at radius 3 is 2.60 bits per heavy atom. The van der Waals surface area contributed by atoms with Crippen LogP contribution in [0.4, 0.5) is 14.5 Å². The highest BCUT2D eigenvalue weighted by molar-refractivity contribution is 7.11. The Morgan fingerprint density at radius 2 is 1.95 bits per heavy atom. The van der Waals surface area contributed by atoms with Crippen LogP contribution in [-0.4, -0.2) is 5.97 Å². The third kappa shape index (κ3) is 3.14. The van der Waals surface area contributed by atoms with Crippen molar-refractivity contribution in [2.45, 2.75) is 20.0 Å². The number of anilines is 1. The molecule has 2 N–H and O–H groups in total. The lowest BCUT2D eigenvalue weighted by molar-refractivity contribution is 0.0471. The van der Waals surface area contributed by atoms with Gasteiger partial charge in [0.25, 0.3) is 0 Å². The van der Waals surface area contributed by atoms with E-state index in [0.717, 1.165) is 17.4 Å². The molecular formula is C14H13F2NO2S. The van der Waals surface area contributed by atoms with Crippen molar-refractivity contribution in [3.63, 3.8) is 0 Å². The Morgan fingerprint density at radius 1 is 1.25 bits per heavy atom. The van der Waals surface area contributed by atoms with Crippen molar-refractivity contribution in [1.29, 1.82) is 0 Å². The zero-order chi connectivity index (χ0) is 14.7. The van der Waals surface area contributed by atoms with Gasteiger partial charge in [-0.15, -0.1) is 11.3 Å². The maximum absolute atomic E-state index is 13.5. The second-order valence-electron chi connectivity index (χ2n) is 4.15. The van der Waals surface area contributed by atoms with Crippen LogP contribution in [0.1, 0.15) is 27.0 Å². The van der Waals surface area contributed by atoms with Crippen molar-refractivity contribution >= 4 is 23.0 Å². The van der Waals surface area contributed by atoms with Gasteiger partial charge in [-0.2, -0.15) is 0 Å². The quantitative estimate of drug-likeness (QED) is 0.694. The number of halogens is 2. The first-order valence-electron chi connectivity index (χ1n) is 6.00. The van der Waals surface area contributed by atoms with E-state index in [2.05, 4.69) is 0 Å². The average molecular weight is 297 g/mol. The van der Waals surface area contributed by atoms with Gasteiger partial charge in [-0.1, -0.05) is 6.92 Å². The summed E-state index contributed by atoms with van der Waals surface area (Å²) >= 11 is 1.52.